The van der Waals surface area contributed by atoms with Crippen LogP contribution in [0.2, 0.25) is 0 Å². The Bertz CT molecular complexity index is 182. The van der Waals surface area contributed by atoms with E-state index in [9.17, 15) is 0 Å². The third kappa shape index (κ3) is 0.742. The van der Waals surface area contributed by atoms with E-state index in [4.69, 9.17) is 0 Å². The average molecular weight is 207 g/mol. The molecule has 0 saturated carbocycles. The zero-order valence-corrected chi connectivity index (χ0v) is 7.38. The first-order chi connectivity index (χ1) is 3.97. The summed E-state index contributed by atoms with van der Waals surface area (Å²) in [5.41, 5.74) is 0. The molecule has 42 valence electrons. The van der Waals surface area contributed by atoms with Crippen LogP contribution in [0.5, 0.6) is 0 Å². The first-order valence-electron chi connectivity index (χ1n) is 2.25. The molecule has 0 radical (unpaired) electrons. The van der Waals surface area contributed by atoms with Crippen LogP contribution in [-0.2, 0) is 0 Å². The van der Waals surface area contributed by atoms with Crippen molar-refractivity contribution >= 4 is 37.4 Å². The van der Waals surface area contributed by atoms with Gasteiger partial charge in [-0.3, -0.25) is 0 Å². The number of hydrogen-bond donors (Lipinski definition) is 0. The predicted molar refractivity (Wildman–Crippen MR) is 44.2 cm³/mol. The Kier molecular flexibility index (Phi) is 1.39. The van der Waals surface area contributed by atoms with E-state index in [2.05, 4.69) is 22.5 Å². The molecule has 0 nitrogen and oxygen atoms in total. The molecular weight excluding hydrogens is 203 g/mol. The molecule has 2 rings (SSSR count). The zero-order valence-electron chi connectivity index (χ0n) is 4.03. The third-order valence-corrected chi connectivity index (χ3v) is 9.75. The van der Waals surface area contributed by atoms with Gasteiger partial charge in [0.1, 0.15) is 0 Å². The minimum atomic E-state index is 0.606. The van der Waals surface area contributed by atoms with Crippen molar-refractivity contribution in [3.05, 3.63) is 22.5 Å². The Balaban J connectivity index is 2.43. The number of hydrogen-bond acceptors (Lipinski definition) is 1. The Labute approximate surface area is 60.0 Å². The van der Waals surface area contributed by atoms with E-state index in [1.165, 1.54) is 0 Å². The standard InChI is InChI=1S/C5H4S2Se/c1-3-6-7-5(1)2-4-8-7/h1-4H. The van der Waals surface area contributed by atoms with Gasteiger partial charge >= 0.3 is 60.0 Å². The third-order valence-electron chi connectivity index (χ3n) is 0.943. The van der Waals surface area contributed by atoms with E-state index in [-0.39, 0.29) is 0 Å². The van der Waals surface area contributed by atoms with Crippen molar-refractivity contribution in [2.75, 3.05) is 0 Å². The predicted octanol–water partition coefficient (Wildman–Crippen LogP) is 1.75. The summed E-state index contributed by atoms with van der Waals surface area (Å²) in [5.74, 6) is 0. The molecule has 2 aliphatic rings. The molecule has 0 N–H and O–H groups in total. The van der Waals surface area contributed by atoms with E-state index in [1.807, 2.05) is 10.8 Å². The summed E-state index contributed by atoms with van der Waals surface area (Å²) in [7, 11) is 2.59. The first kappa shape index (κ1) is 5.36. The van der Waals surface area contributed by atoms with Gasteiger partial charge in [0.05, 0.1) is 0 Å². The van der Waals surface area contributed by atoms with Gasteiger partial charge in [0.15, 0.2) is 0 Å². The Morgan fingerprint density at radius 3 is 3.38 bits per heavy atom. The topological polar surface area (TPSA) is 0 Å². The Hall–Kier alpha value is 0.569. The fraction of sp³-hybridized carbons (Fsp3) is 0. The van der Waals surface area contributed by atoms with Crippen LogP contribution >= 0.6 is 18.7 Å². The summed E-state index contributed by atoms with van der Waals surface area (Å²) in [6.45, 7) is 0. The number of rotatable bonds is 0. The van der Waals surface area contributed by atoms with Crippen LogP contribution in [0.4, 0.5) is 0 Å². The second kappa shape index (κ2) is 2.07. The fourth-order valence-corrected chi connectivity index (χ4v) is 8.34. The van der Waals surface area contributed by atoms with Crippen LogP contribution < -0.4 is 0 Å². The second-order valence-corrected chi connectivity index (χ2v) is 9.92. The van der Waals surface area contributed by atoms with Crippen molar-refractivity contribution < 1.29 is 0 Å². The maximum absolute atomic E-state index is 2.32. The van der Waals surface area contributed by atoms with Crippen LogP contribution in [0, 0.1) is 0 Å². The molecule has 0 saturated heterocycles. The molecule has 0 aromatic heterocycles. The van der Waals surface area contributed by atoms with E-state index in [0.717, 1.165) is 13.8 Å². The van der Waals surface area contributed by atoms with Crippen LogP contribution in [0.3, 0.4) is 0 Å². The molecule has 0 aliphatic carbocycles. The fourth-order valence-electron chi connectivity index (χ4n) is 0.591. The van der Waals surface area contributed by atoms with E-state index in [1.54, 1.807) is 4.86 Å². The van der Waals surface area contributed by atoms with E-state index in [0.29, 0.717) is 7.93 Å². The van der Waals surface area contributed by atoms with E-state index >= 15 is 0 Å². The second-order valence-electron chi connectivity index (χ2n) is 1.44. The van der Waals surface area contributed by atoms with E-state index < -0.39 is 0 Å². The molecule has 3 heteroatoms. The summed E-state index contributed by atoms with van der Waals surface area (Å²) in [5, 5.41) is 2.21. The monoisotopic (exact) mass is 208 g/mol. The van der Waals surface area contributed by atoms with Crippen LogP contribution in [0.1, 0.15) is 0 Å². The quantitative estimate of drug-likeness (QED) is 0.331. The van der Waals surface area contributed by atoms with Crippen molar-refractivity contribution in [3.63, 3.8) is 0 Å². The van der Waals surface area contributed by atoms with Gasteiger partial charge in [-0.25, -0.2) is 0 Å². The molecule has 0 amide bonds. The van der Waals surface area contributed by atoms with Gasteiger partial charge in [-0.1, -0.05) is 0 Å². The molecule has 1 unspecified atom stereocenters. The Morgan fingerprint density at radius 1 is 1.50 bits per heavy atom. The molecule has 0 aromatic rings. The van der Waals surface area contributed by atoms with Gasteiger partial charge in [0, 0.05) is 0 Å². The molecule has 2 heterocycles. The van der Waals surface area contributed by atoms with Crippen molar-refractivity contribution in [1.82, 2.24) is 0 Å². The molecule has 8 heavy (non-hydrogen) atoms. The van der Waals surface area contributed by atoms with Gasteiger partial charge in [0.2, 0.25) is 0 Å². The average Bonchev–Trinajstić information content (AvgIpc) is 2.15. The Morgan fingerprint density at radius 2 is 2.50 bits per heavy atom. The zero-order chi connectivity index (χ0) is 5.40. The molecule has 1 atom stereocenters. The summed E-state index contributed by atoms with van der Waals surface area (Å²) in [6.07, 6.45) is 4.50. The molecule has 0 spiro atoms. The summed E-state index contributed by atoms with van der Waals surface area (Å²) in [4.78, 5) is 3.89. The van der Waals surface area contributed by atoms with Crippen molar-refractivity contribution in [2.45, 2.75) is 0 Å². The molecule has 0 bridgehead atoms. The normalized spacial score (nSPS) is 32.0. The molecule has 2 aliphatic heterocycles. The summed E-state index contributed by atoms with van der Waals surface area (Å²) >= 11 is 0.781. The van der Waals surface area contributed by atoms with Gasteiger partial charge in [-0.15, -0.1) is 0 Å². The summed E-state index contributed by atoms with van der Waals surface area (Å²) < 4.78 is 0. The van der Waals surface area contributed by atoms with Gasteiger partial charge in [-0.05, 0) is 0 Å². The number of allylic oxidation sites excluding steroid dienone is 2. The van der Waals surface area contributed by atoms with Crippen molar-refractivity contribution in [1.29, 1.82) is 0 Å². The summed E-state index contributed by atoms with van der Waals surface area (Å²) in [6, 6.07) is 0. The van der Waals surface area contributed by atoms with Gasteiger partial charge < -0.3 is 0 Å². The van der Waals surface area contributed by atoms with Crippen molar-refractivity contribution in [3.8, 4) is 0 Å². The molecule has 0 fully saturated rings. The van der Waals surface area contributed by atoms with Crippen LogP contribution in [0.15, 0.2) is 22.5 Å². The van der Waals surface area contributed by atoms with Crippen LogP contribution in [0.25, 0.3) is 0 Å². The van der Waals surface area contributed by atoms with Gasteiger partial charge in [0.25, 0.3) is 0 Å². The molecular formula is C5H4S2Se. The van der Waals surface area contributed by atoms with Crippen LogP contribution in [-0.4, -0.2) is 18.7 Å². The minimum absolute atomic E-state index is 0.606. The van der Waals surface area contributed by atoms with Gasteiger partial charge in [-0.2, -0.15) is 0 Å². The first-order valence-corrected chi connectivity index (χ1v) is 7.89. The SMILES string of the molecule is C1=CC2=S(S1)[Se]C=C2. The van der Waals surface area contributed by atoms with Crippen molar-refractivity contribution in [2.24, 2.45) is 0 Å². The maximum atomic E-state index is 2.32. The molecule has 0 aromatic carbocycles.